The number of hydrogen-bond acceptors (Lipinski definition) is 4. The maximum atomic E-state index is 12.6. The number of aromatic carboxylic acids is 1. The van der Waals surface area contributed by atoms with Crippen molar-refractivity contribution in [2.24, 2.45) is 0 Å². The van der Waals surface area contributed by atoms with Gasteiger partial charge >= 0.3 is 5.97 Å². The molecule has 6 nitrogen and oxygen atoms in total. The molecule has 2 N–H and O–H groups in total. The Morgan fingerprint density at radius 1 is 1.24 bits per heavy atom. The maximum Gasteiger partial charge on any atom is 0.372 e. The Morgan fingerprint density at radius 2 is 1.96 bits per heavy atom. The second kappa shape index (κ2) is 6.00. The molecule has 0 atom stereocenters. The largest absolute Gasteiger partial charge is 0.475 e. The van der Waals surface area contributed by atoms with Crippen molar-refractivity contribution in [1.82, 2.24) is 0 Å². The molecule has 0 spiro atoms. The molecule has 0 saturated heterocycles. The first kappa shape index (κ1) is 16.6. The molecule has 0 aliphatic heterocycles. The molecule has 126 valence electrons. The number of hydrogen-bond donors (Lipinski definition) is 2. The smallest absolute Gasteiger partial charge is 0.372 e. The molecular formula is C18H13NO5S. The quantitative estimate of drug-likeness (QED) is 0.701. The van der Waals surface area contributed by atoms with Crippen molar-refractivity contribution in [1.29, 1.82) is 0 Å². The molecule has 0 saturated carbocycles. The first-order valence-corrected chi connectivity index (χ1v) is 8.66. The Bertz CT molecular complexity index is 1140. The topological polar surface area (TPSA) is 96.6 Å². The van der Waals surface area contributed by atoms with Crippen LogP contribution in [0.2, 0.25) is 0 Å². The predicted molar refractivity (Wildman–Crippen MR) is 93.1 cm³/mol. The number of para-hydroxylation sites is 1. The lowest BCUT2D eigenvalue weighted by atomic mass is 10.1. The number of anilines is 1. The lowest BCUT2D eigenvalue weighted by Crippen LogP contribution is -2.13. The van der Waals surface area contributed by atoms with Crippen molar-refractivity contribution in [3.63, 3.8) is 0 Å². The van der Waals surface area contributed by atoms with Gasteiger partial charge in [0.1, 0.15) is 5.58 Å². The van der Waals surface area contributed by atoms with Gasteiger partial charge in [-0.15, -0.1) is 6.42 Å². The van der Waals surface area contributed by atoms with Crippen LogP contribution in [0.4, 0.5) is 5.69 Å². The van der Waals surface area contributed by atoms with Crippen LogP contribution in [-0.2, 0) is 10.0 Å². The zero-order valence-electron chi connectivity index (χ0n) is 13.1. The van der Waals surface area contributed by atoms with Gasteiger partial charge in [0.2, 0.25) is 5.76 Å². The fourth-order valence-electron chi connectivity index (χ4n) is 2.47. The normalized spacial score (nSPS) is 11.2. The van der Waals surface area contributed by atoms with E-state index in [-0.39, 0.29) is 10.7 Å². The van der Waals surface area contributed by atoms with Gasteiger partial charge < -0.3 is 9.52 Å². The summed E-state index contributed by atoms with van der Waals surface area (Å²) < 4.78 is 33.0. The third kappa shape index (κ3) is 2.95. The Hall–Kier alpha value is -3.24. The number of aryl methyl sites for hydroxylation is 1. The van der Waals surface area contributed by atoms with Gasteiger partial charge in [0.15, 0.2) is 0 Å². The summed E-state index contributed by atoms with van der Waals surface area (Å²) in [6.07, 6.45) is 5.38. The highest BCUT2D eigenvalue weighted by Gasteiger charge is 2.21. The molecule has 0 bridgehead atoms. The summed E-state index contributed by atoms with van der Waals surface area (Å²) in [5, 5.41) is 9.53. The van der Waals surface area contributed by atoms with Crippen LogP contribution in [0, 0.1) is 19.3 Å². The average molecular weight is 355 g/mol. The minimum Gasteiger partial charge on any atom is -0.475 e. The molecule has 3 aromatic rings. The fraction of sp³-hybridized carbons (Fsp3) is 0.0556. The summed E-state index contributed by atoms with van der Waals surface area (Å²) in [7, 11) is -3.90. The van der Waals surface area contributed by atoms with Crippen molar-refractivity contribution in [2.75, 3.05) is 4.72 Å². The second-order valence-electron chi connectivity index (χ2n) is 5.31. The van der Waals surface area contributed by atoms with E-state index in [2.05, 4.69) is 10.6 Å². The van der Waals surface area contributed by atoms with E-state index in [0.29, 0.717) is 27.8 Å². The number of carbonyl (C=O) groups is 1. The van der Waals surface area contributed by atoms with Crippen LogP contribution in [0.15, 0.2) is 51.8 Å². The minimum absolute atomic E-state index is 0.0207. The first-order valence-electron chi connectivity index (χ1n) is 7.18. The number of benzene rings is 2. The van der Waals surface area contributed by atoms with Gasteiger partial charge in [-0.05, 0) is 37.3 Å². The minimum atomic E-state index is -3.90. The molecule has 0 fully saturated rings. The monoisotopic (exact) mass is 355 g/mol. The van der Waals surface area contributed by atoms with Crippen LogP contribution in [0.5, 0.6) is 0 Å². The van der Waals surface area contributed by atoms with E-state index in [1.54, 1.807) is 31.2 Å². The standard InChI is InChI=1S/C18H13NO5S/c1-3-12-6-4-5-7-15(12)19-25(22,23)13-8-9-16-14(10-13)11(2)17(24-16)18(20)21/h1,4-10,19H,2H3,(H,20,21). The van der Waals surface area contributed by atoms with E-state index in [9.17, 15) is 13.2 Å². The highest BCUT2D eigenvalue weighted by molar-refractivity contribution is 7.92. The van der Waals surface area contributed by atoms with Crippen molar-refractivity contribution < 1.29 is 22.7 Å². The molecule has 25 heavy (non-hydrogen) atoms. The van der Waals surface area contributed by atoms with Crippen LogP contribution < -0.4 is 4.72 Å². The number of rotatable bonds is 4. The molecule has 1 aromatic heterocycles. The third-order valence-electron chi connectivity index (χ3n) is 3.74. The Kier molecular flexibility index (Phi) is 3.99. The molecule has 0 unspecified atom stereocenters. The number of nitrogens with one attached hydrogen (secondary N) is 1. The van der Waals surface area contributed by atoms with Crippen molar-refractivity contribution >= 4 is 32.6 Å². The lowest BCUT2D eigenvalue weighted by molar-refractivity contribution is 0.0664. The van der Waals surface area contributed by atoms with Gasteiger partial charge in [0, 0.05) is 16.5 Å². The summed E-state index contributed by atoms with van der Waals surface area (Å²) in [5.41, 5.74) is 1.38. The summed E-state index contributed by atoms with van der Waals surface area (Å²) >= 11 is 0. The van der Waals surface area contributed by atoms with Gasteiger partial charge in [-0.25, -0.2) is 13.2 Å². The summed E-state index contributed by atoms with van der Waals surface area (Å²) in [4.78, 5) is 11.1. The Morgan fingerprint density at radius 3 is 2.64 bits per heavy atom. The molecule has 0 aliphatic carbocycles. The van der Waals surface area contributed by atoms with Gasteiger partial charge in [-0.3, -0.25) is 4.72 Å². The molecule has 0 amide bonds. The average Bonchev–Trinajstić information content (AvgIpc) is 2.92. The molecular weight excluding hydrogens is 342 g/mol. The number of carboxylic acids is 1. The molecule has 7 heteroatoms. The fourth-order valence-corrected chi connectivity index (χ4v) is 3.58. The number of furan rings is 1. The number of carboxylic acid groups (broad SMARTS) is 1. The SMILES string of the molecule is C#Cc1ccccc1NS(=O)(=O)c1ccc2oc(C(=O)O)c(C)c2c1. The summed E-state index contributed by atoms with van der Waals surface area (Å²) in [6.45, 7) is 1.56. The molecule has 0 aliphatic rings. The van der Waals surface area contributed by atoms with Crippen LogP contribution >= 0.6 is 0 Å². The summed E-state index contributed by atoms with van der Waals surface area (Å²) in [6, 6.07) is 10.7. The highest BCUT2D eigenvalue weighted by atomic mass is 32.2. The maximum absolute atomic E-state index is 12.6. The molecule has 1 heterocycles. The van der Waals surface area contributed by atoms with Crippen LogP contribution in [0.25, 0.3) is 11.0 Å². The molecule has 2 aromatic carbocycles. The van der Waals surface area contributed by atoms with Crippen molar-refractivity contribution in [2.45, 2.75) is 11.8 Å². The van der Waals surface area contributed by atoms with E-state index in [1.807, 2.05) is 0 Å². The molecule has 0 radical (unpaired) electrons. The third-order valence-corrected chi connectivity index (χ3v) is 5.10. The van der Waals surface area contributed by atoms with Gasteiger partial charge in [0.05, 0.1) is 10.6 Å². The van der Waals surface area contributed by atoms with E-state index in [1.165, 1.54) is 18.2 Å². The van der Waals surface area contributed by atoms with Crippen molar-refractivity contribution in [3.05, 3.63) is 59.4 Å². The van der Waals surface area contributed by atoms with Gasteiger partial charge in [-0.1, -0.05) is 18.1 Å². The van der Waals surface area contributed by atoms with E-state index in [4.69, 9.17) is 15.9 Å². The number of fused-ring (bicyclic) bond motifs is 1. The van der Waals surface area contributed by atoms with Crippen molar-refractivity contribution in [3.8, 4) is 12.3 Å². The van der Waals surface area contributed by atoms with Crippen LogP contribution in [0.3, 0.4) is 0 Å². The summed E-state index contributed by atoms with van der Waals surface area (Å²) in [5.74, 6) is 0.995. The van der Waals surface area contributed by atoms with Gasteiger partial charge in [-0.2, -0.15) is 0 Å². The highest BCUT2D eigenvalue weighted by Crippen LogP contribution is 2.28. The Labute approximate surface area is 144 Å². The number of sulfonamides is 1. The van der Waals surface area contributed by atoms with Gasteiger partial charge in [0.25, 0.3) is 10.0 Å². The van der Waals surface area contributed by atoms with Crippen LogP contribution in [-0.4, -0.2) is 19.5 Å². The van der Waals surface area contributed by atoms with Crippen LogP contribution in [0.1, 0.15) is 21.7 Å². The predicted octanol–water partition coefficient (Wildman–Crippen LogP) is 3.22. The second-order valence-corrected chi connectivity index (χ2v) is 7.00. The zero-order valence-corrected chi connectivity index (χ0v) is 13.9. The zero-order chi connectivity index (χ0) is 18.2. The van der Waals surface area contributed by atoms with E-state index >= 15 is 0 Å². The number of terminal acetylenes is 1. The molecule has 3 rings (SSSR count). The Balaban J connectivity index is 2.07. The first-order chi connectivity index (χ1) is 11.8. The van der Waals surface area contributed by atoms with E-state index < -0.39 is 16.0 Å². The lowest BCUT2D eigenvalue weighted by Gasteiger charge is -2.10. The van der Waals surface area contributed by atoms with E-state index in [0.717, 1.165) is 0 Å².